The third-order valence-corrected chi connectivity index (χ3v) is 4.40. The maximum Gasteiger partial charge on any atom is 0.0557 e. The molecule has 0 bridgehead atoms. The Hall–Kier alpha value is -1.24. The van der Waals surface area contributed by atoms with Gasteiger partial charge >= 0.3 is 0 Å². The Labute approximate surface area is 105 Å². The number of anilines is 1. The van der Waals surface area contributed by atoms with E-state index in [0.717, 1.165) is 12.8 Å². The molecule has 17 heavy (non-hydrogen) atoms. The van der Waals surface area contributed by atoms with Gasteiger partial charge in [0.25, 0.3) is 0 Å². The van der Waals surface area contributed by atoms with Crippen LogP contribution in [0.4, 0.5) is 5.69 Å². The van der Waals surface area contributed by atoms with E-state index in [1.165, 1.54) is 28.0 Å². The predicted molar refractivity (Wildman–Crippen MR) is 76.4 cm³/mol. The normalized spacial score (nSPS) is 23.4. The summed E-state index contributed by atoms with van der Waals surface area (Å²) in [5.74, 6) is 0. The molecule has 1 heteroatoms. The van der Waals surface area contributed by atoms with Crippen molar-refractivity contribution in [2.24, 2.45) is 0 Å². The fraction of sp³-hybridized carbons (Fsp3) is 0.500. The van der Waals surface area contributed by atoms with Gasteiger partial charge in [-0.25, -0.2) is 0 Å². The Morgan fingerprint density at radius 3 is 2.47 bits per heavy atom. The van der Waals surface area contributed by atoms with E-state index in [2.05, 4.69) is 58.1 Å². The molecule has 0 spiro atoms. The molecule has 0 amide bonds. The molecule has 2 rings (SSSR count). The minimum Gasteiger partial charge on any atom is -0.376 e. The summed E-state index contributed by atoms with van der Waals surface area (Å²) >= 11 is 0. The van der Waals surface area contributed by atoms with Crippen LogP contribution < -0.4 is 5.32 Å². The van der Waals surface area contributed by atoms with Gasteiger partial charge in [-0.2, -0.15) is 0 Å². The number of nitrogens with one attached hydrogen (secondary N) is 1. The Kier molecular flexibility index (Phi) is 3.03. The summed E-state index contributed by atoms with van der Waals surface area (Å²) in [5.41, 5.74) is 7.12. The molecule has 1 atom stereocenters. The zero-order valence-corrected chi connectivity index (χ0v) is 11.6. The van der Waals surface area contributed by atoms with Crippen molar-refractivity contribution < 1.29 is 0 Å². The zero-order valence-electron chi connectivity index (χ0n) is 11.6. The first kappa shape index (κ1) is 12.2. The third-order valence-electron chi connectivity index (χ3n) is 4.40. The van der Waals surface area contributed by atoms with Gasteiger partial charge in [-0.3, -0.25) is 0 Å². The van der Waals surface area contributed by atoms with Crippen LogP contribution in [0.5, 0.6) is 0 Å². The van der Waals surface area contributed by atoms with Gasteiger partial charge in [0, 0.05) is 11.3 Å². The van der Waals surface area contributed by atoms with Crippen molar-refractivity contribution in [3.63, 3.8) is 0 Å². The first-order valence-corrected chi connectivity index (χ1v) is 6.61. The largest absolute Gasteiger partial charge is 0.376 e. The highest BCUT2D eigenvalue weighted by atomic mass is 15.0. The lowest BCUT2D eigenvalue weighted by Crippen LogP contribution is -2.38. The van der Waals surface area contributed by atoms with Crippen molar-refractivity contribution in [2.45, 2.75) is 53.0 Å². The molecular weight excluding hydrogens is 206 g/mol. The quantitative estimate of drug-likeness (QED) is 0.779. The van der Waals surface area contributed by atoms with Crippen molar-refractivity contribution in [2.75, 3.05) is 5.32 Å². The second-order valence-corrected chi connectivity index (χ2v) is 5.29. The third kappa shape index (κ3) is 1.88. The van der Waals surface area contributed by atoms with E-state index in [9.17, 15) is 0 Å². The Morgan fingerprint density at radius 2 is 1.88 bits per heavy atom. The van der Waals surface area contributed by atoms with Gasteiger partial charge in [-0.1, -0.05) is 19.9 Å². The standard InChI is InChI=1S/C16H23N/c1-6-13-8-9-15-14(10-13)11(3)12(4)16(5,7-2)17-15/h8-10,17H,6-7H2,1-5H3. The SMILES string of the molecule is CCc1ccc2c(c1)C(C)=C(C)C(C)(CC)N2. The lowest BCUT2D eigenvalue weighted by molar-refractivity contribution is 0.572. The lowest BCUT2D eigenvalue weighted by atomic mass is 9.80. The topological polar surface area (TPSA) is 12.0 Å². The summed E-state index contributed by atoms with van der Waals surface area (Å²) in [6.45, 7) is 11.3. The summed E-state index contributed by atoms with van der Waals surface area (Å²) < 4.78 is 0. The van der Waals surface area contributed by atoms with Crippen LogP contribution in [0.3, 0.4) is 0 Å². The molecule has 0 saturated carbocycles. The van der Waals surface area contributed by atoms with Crippen molar-refractivity contribution in [1.29, 1.82) is 0 Å². The molecule has 1 aromatic rings. The van der Waals surface area contributed by atoms with Gasteiger partial charge in [-0.05, 0) is 62.5 Å². The van der Waals surface area contributed by atoms with Crippen molar-refractivity contribution >= 4 is 11.3 Å². The first-order chi connectivity index (χ1) is 8.01. The van der Waals surface area contributed by atoms with E-state index in [4.69, 9.17) is 0 Å². The summed E-state index contributed by atoms with van der Waals surface area (Å²) in [4.78, 5) is 0. The zero-order chi connectivity index (χ0) is 12.6. The van der Waals surface area contributed by atoms with Gasteiger partial charge < -0.3 is 5.32 Å². The highest BCUT2D eigenvalue weighted by Crippen LogP contribution is 2.40. The highest BCUT2D eigenvalue weighted by Gasteiger charge is 2.30. The molecule has 1 aliphatic heterocycles. The summed E-state index contributed by atoms with van der Waals surface area (Å²) in [5, 5.41) is 3.70. The van der Waals surface area contributed by atoms with Gasteiger partial charge in [0.1, 0.15) is 0 Å². The minimum absolute atomic E-state index is 0.116. The van der Waals surface area contributed by atoms with Crippen LogP contribution in [0.25, 0.3) is 5.57 Å². The Balaban J connectivity index is 2.57. The second-order valence-electron chi connectivity index (χ2n) is 5.29. The van der Waals surface area contributed by atoms with Crippen LogP contribution in [0.15, 0.2) is 23.8 Å². The van der Waals surface area contributed by atoms with E-state index in [1.807, 2.05) is 0 Å². The second kappa shape index (κ2) is 4.21. The average Bonchev–Trinajstić information content (AvgIpc) is 2.36. The summed E-state index contributed by atoms with van der Waals surface area (Å²) in [6.07, 6.45) is 2.22. The predicted octanol–water partition coefficient (Wildman–Crippen LogP) is 4.64. The molecule has 1 aliphatic rings. The molecule has 0 fully saturated rings. The van der Waals surface area contributed by atoms with Crippen LogP contribution in [0.2, 0.25) is 0 Å². The molecule has 1 aromatic carbocycles. The van der Waals surface area contributed by atoms with Gasteiger partial charge in [0.15, 0.2) is 0 Å². The molecule has 0 aromatic heterocycles. The molecular formula is C16H23N. The van der Waals surface area contributed by atoms with E-state index in [0.29, 0.717) is 0 Å². The Morgan fingerprint density at radius 1 is 1.18 bits per heavy atom. The molecule has 1 heterocycles. The molecule has 0 radical (unpaired) electrons. The van der Waals surface area contributed by atoms with Crippen LogP contribution in [-0.4, -0.2) is 5.54 Å². The smallest absolute Gasteiger partial charge is 0.0557 e. The van der Waals surface area contributed by atoms with Crippen LogP contribution in [0, 0.1) is 0 Å². The van der Waals surface area contributed by atoms with Crippen molar-refractivity contribution in [3.05, 3.63) is 34.9 Å². The molecule has 1 N–H and O–H groups in total. The van der Waals surface area contributed by atoms with E-state index in [-0.39, 0.29) is 5.54 Å². The highest BCUT2D eigenvalue weighted by molar-refractivity contribution is 5.82. The molecule has 0 saturated heterocycles. The fourth-order valence-electron chi connectivity index (χ4n) is 2.59. The van der Waals surface area contributed by atoms with Crippen LogP contribution >= 0.6 is 0 Å². The Bertz CT molecular complexity index is 470. The number of allylic oxidation sites excluding steroid dienone is 1. The van der Waals surface area contributed by atoms with Crippen LogP contribution in [0.1, 0.15) is 52.2 Å². The van der Waals surface area contributed by atoms with Gasteiger partial charge in [0.2, 0.25) is 0 Å². The monoisotopic (exact) mass is 229 g/mol. The average molecular weight is 229 g/mol. The van der Waals surface area contributed by atoms with Gasteiger partial charge in [-0.15, -0.1) is 0 Å². The number of fused-ring (bicyclic) bond motifs is 1. The molecule has 1 nitrogen and oxygen atoms in total. The van der Waals surface area contributed by atoms with E-state index >= 15 is 0 Å². The number of hydrogen-bond acceptors (Lipinski definition) is 1. The fourth-order valence-corrected chi connectivity index (χ4v) is 2.59. The van der Waals surface area contributed by atoms with Gasteiger partial charge in [0.05, 0.1) is 5.54 Å². The molecule has 92 valence electrons. The molecule has 1 unspecified atom stereocenters. The summed E-state index contributed by atoms with van der Waals surface area (Å²) in [6, 6.07) is 6.80. The van der Waals surface area contributed by atoms with Crippen molar-refractivity contribution in [3.8, 4) is 0 Å². The van der Waals surface area contributed by atoms with Crippen molar-refractivity contribution in [1.82, 2.24) is 0 Å². The number of hydrogen-bond donors (Lipinski definition) is 1. The summed E-state index contributed by atoms with van der Waals surface area (Å²) in [7, 11) is 0. The maximum atomic E-state index is 3.70. The minimum atomic E-state index is 0.116. The number of aryl methyl sites for hydroxylation is 1. The maximum absolute atomic E-state index is 3.70. The van der Waals surface area contributed by atoms with E-state index < -0.39 is 0 Å². The number of rotatable bonds is 2. The van der Waals surface area contributed by atoms with Crippen LogP contribution in [-0.2, 0) is 6.42 Å². The first-order valence-electron chi connectivity index (χ1n) is 6.61. The van der Waals surface area contributed by atoms with E-state index in [1.54, 1.807) is 0 Å². The number of benzene rings is 1. The molecule has 0 aliphatic carbocycles. The lowest BCUT2D eigenvalue weighted by Gasteiger charge is -2.38.